The number of aliphatic hydroxyl groups excluding tert-OH is 6. The first-order chi connectivity index (χ1) is 26.8. The van der Waals surface area contributed by atoms with E-state index in [1.54, 1.807) is 6.92 Å². The van der Waals surface area contributed by atoms with Gasteiger partial charge in [-0.3, -0.25) is 4.79 Å². The maximum absolute atomic E-state index is 13.2. The Morgan fingerprint density at radius 3 is 1.72 bits per heavy atom. The molecule has 58 heavy (non-hydrogen) atoms. The predicted molar refractivity (Wildman–Crippen MR) is 200 cm³/mol. The summed E-state index contributed by atoms with van der Waals surface area (Å²) in [7, 11) is 0. The number of aliphatic hydroxyl groups is 6. The lowest BCUT2D eigenvalue weighted by Gasteiger charge is -2.69. The number of hydrogen-bond acceptors (Lipinski definition) is 13. The normalized spacial score (nSPS) is 52.4. The van der Waals surface area contributed by atoms with Gasteiger partial charge in [-0.2, -0.15) is 0 Å². The van der Waals surface area contributed by atoms with Crippen LogP contribution in [-0.4, -0.2) is 137 Å². The van der Waals surface area contributed by atoms with Crippen LogP contribution in [0.2, 0.25) is 0 Å². The first-order valence-electron chi connectivity index (χ1n) is 20.6. The minimum absolute atomic E-state index is 0.127. The lowest BCUT2D eigenvalue weighted by molar-refractivity contribution is -0.323. The number of carboxylic acids is 3. The second-order valence-electron chi connectivity index (χ2n) is 20.3. The summed E-state index contributed by atoms with van der Waals surface area (Å²) in [6.45, 7) is 14.9. The van der Waals surface area contributed by atoms with E-state index in [4.69, 9.17) is 18.9 Å². The molecule has 9 N–H and O–H groups in total. The lowest BCUT2D eigenvalue weighted by atomic mass is 9.35. The molecule has 7 rings (SSSR count). The molecule has 5 aliphatic carbocycles. The summed E-state index contributed by atoms with van der Waals surface area (Å²) < 4.78 is 23.5. The van der Waals surface area contributed by atoms with E-state index in [0.717, 1.165) is 36.8 Å². The number of fused-ring (bicyclic) bond motifs is 6. The third kappa shape index (κ3) is 6.17. The predicted octanol–water partition coefficient (Wildman–Crippen LogP) is 1.96. The van der Waals surface area contributed by atoms with Gasteiger partial charge in [0.2, 0.25) is 0 Å². The van der Waals surface area contributed by atoms with Crippen molar-refractivity contribution in [2.75, 3.05) is 0 Å². The third-order valence-electron chi connectivity index (χ3n) is 17.0. The zero-order chi connectivity index (χ0) is 42.9. The Bertz CT molecular complexity index is 1750. The average Bonchev–Trinajstić information content (AvgIpc) is 3.13. The van der Waals surface area contributed by atoms with E-state index >= 15 is 0 Å². The molecule has 7 aliphatic rings. The lowest BCUT2D eigenvalue weighted by Crippen LogP contribution is -2.65. The Kier molecular flexibility index (Phi) is 10.7. The van der Waals surface area contributed by atoms with E-state index in [9.17, 15) is 60.3 Å². The zero-order valence-corrected chi connectivity index (χ0v) is 34.3. The van der Waals surface area contributed by atoms with Crippen molar-refractivity contribution in [2.45, 2.75) is 173 Å². The molecule has 0 amide bonds. The summed E-state index contributed by atoms with van der Waals surface area (Å²) in [6.07, 6.45) is -9.63. The SMILES string of the molecule is CC1(C)[C@H](O[C@@H]2O[C@@H](C(=O)O)[C@@H](O)[C@H](O)[C@@H]2O)CC[C@@]2(C)[C@H]3C=CC4=C5C[C@](C)(C(=O)O)[C@@H](O[C@H]6O[C@H](C(=O)O)[C@H](O)[C@@H](O)[C@H]6O)C[C@]5(C)CC[C@@]4(C)[C@]3(C)CC[C@@H]12. The molecule has 16 nitrogen and oxygen atoms in total. The number of ether oxygens (including phenoxy) is 4. The standard InChI is InChI=1S/C42H62O16/c1-37(2)20-10-13-42(7)21(39(20,4)12-11-22(37)55-34-28(47)24(43)26(45)30(57-34)32(49)50)9-8-18-19-16-40(5,36(53)54)23(17-38(19,3)14-15-41(18,42)6)56-35-29(48)25(44)27(46)31(58-35)33(51)52/h8-9,20-31,34-35,43-48H,10-17H2,1-7H3,(H,49,50)(H,51,52)(H,53,54)/t20-,21+,22+,23-,24-,25+,26-,27+,28-,29+,30+,31-,34+,35-,38-,39+,40-,41+,42+/m0/s1. The Hall–Kier alpha value is -2.51. The van der Waals surface area contributed by atoms with Crippen molar-refractivity contribution in [3.8, 4) is 0 Å². The van der Waals surface area contributed by atoms with Gasteiger partial charge in [0.15, 0.2) is 24.8 Å². The van der Waals surface area contributed by atoms with Crippen LogP contribution in [0.3, 0.4) is 0 Å². The molecule has 3 saturated carbocycles. The van der Waals surface area contributed by atoms with Crippen LogP contribution in [0.5, 0.6) is 0 Å². The van der Waals surface area contributed by atoms with Gasteiger partial charge in [-0.25, -0.2) is 9.59 Å². The Morgan fingerprint density at radius 2 is 1.21 bits per heavy atom. The van der Waals surface area contributed by atoms with Crippen LogP contribution >= 0.6 is 0 Å². The molecule has 19 atom stereocenters. The van der Waals surface area contributed by atoms with Gasteiger partial charge < -0.3 is 64.9 Å². The molecular weight excluding hydrogens is 760 g/mol. The highest BCUT2D eigenvalue weighted by molar-refractivity contribution is 5.76. The molecule has 2 saturated heterocycles. The van der Waals surface area contributed by atoms with Crippen molar-refractivity contribution >= 4 is 17.9 Å². The number of hydrogen-bond donors (Lipinski definition) is 9. The van der Waals surface area contributed by atoms with Gasteiger partial charge in [0, 0.05) is 0 Å². The second kappa shape index (κ2) is 14.3. The molecule has 16 heteroatoms. The highest BCUT2D eigenvalue weighted by atomic mass is 16.7. The molecule has 0 spiro atoms. The van der Waals surface area contributed by atoms with Gasteiger partial charge in [0.1, 0.15) is 36.6 Å². The molecule has 0 bridgehead atoms. The molecular formula is C42H62O16. The Morgan fingerprint density at radius 1 is 0.672 bits per heavy atom. The van der Waals surface area contributed by atoms with E-state index in [1.165, 1.54) is 0 Å². The van der Waals surface area contributed by atoms with Crippen LogP contribution in [0.4, 0.5) is 0 Å². The molecule has 0 unspecified atom stereocenters. The van der Waals surface area contributed by atoms with Crippen LogP contribution in [0.25, 0.3) is 0 Å². The molecule has 326 valence electrons. The number of carbonyl (C=O) groups is 3. The number of rotatable bonds is 7. The van der Waals surface area contributed by atoms with Crippen molar-refractivity contribution in [1.82, 2.24) is 0 Å². The average molecular weight is 823 g/mol. The van der Waals surface area contributed by atoms with Gasteiger partial charge in [-0.15, -0.1) is 0 Å². The number of carboxylic acid groups (broad SMARTS) is 3. The van der Waals surface area contributed by atoms with Gasteiger partial charge in [0.05, 0.1) is 17.6 Å². The summed E-state index contributed by atoms with van der Waals surface area (Å²) in [5, 5.41) is 92.9. The molecule has 0 aromatic heterocycles. The summed E-state index contributed by atoms with van der Waals surface area (Å²) >= 11 is 0. The summed E-state index contributed by atoms with van der Waals surface area (Å²) in [6, 6.07) is 0. The van der Waals surface area contributed by atoms with E-state index in [0.29, 0.717) is 12.8 Å². The maximum atomic E-state index is 13.2. The largest absolute Gasteiger partial charge is 0.481 e. The van der Waals surface area contributed by atoms with Crippen molar-refractivity contribution in [3.63, 3.8) is 0 Å². The highest BCUT2D eigenvalue weighted by Crippen LogP contribution is 2.74. The molecule has 2 aliphatic heterocycles. The van der Waals surface area contributed by atoms with Gasteiger partial charge >= 0.3 is 17.9 Å². The topological polar surface area (TPSA) is 270 Å². The van der Waals surface area contributed by atoms with E-state index in [-0.39, 0.29) is 40.9 Å². The van der Waals surface area contributed by atoms with Crippen LogP contribution in [0.15, 0.2) is 23.3 Å². The van der Waals surface area contributed by atoms with E-state index in [1.807, 2.05) is 0 Å². The fourth-order valence-corrected chi connectivity index (χ4v) is 13.0. The summed E-state index contributed by atoms with van der Waals surface area (Å²) in [5.41, 5.74) is -1.10. The van der Waals surface area contributed by atoms with Gasteiger partial charge in [0.25, 0.3) is 0 Å². The molecule has 0 aromatic carbocycles. The number of allylic oxidation sites excluding steroid dienone is 4. The zero-order valence-electron chi connectivity index (χ0n) is 34.3. The van der Waals surface area contributed by atoms with Crippen LogP contribution in [0.1, 0.15) is 99.8 Å². The van der Waals surface area contributed by atoms with Crippen molar-refractivity contribution in [1.29, 1.82) is 0 Å². The third-order valence-corrected chi connectivity index (χ3v) is 17.0. The summed E-state index contributed by atoms with van der Waals surface area (Å²) in [5.74, 6) is -3.89. The molecule has 5 fully saturated rings. The minimum atomic E-state index is -1.91. The van der Waals surface area contributed by atoms with Crippen molar-refractivity contribution < 1.29 is 79.3 Å². The van der Waals surface area contributed by atoms with Crippen molar-refractivity contribution in [3.05, 3.63) is 23.3 Å². The first kappa shape index (κ1) is 43.6. The quantitative estimate of drug-likeness (QED) is 0.166. The van der Waals surface area contributed by atoms with Crippen LogP contribution in [0, 0.1) is 44.3 Å². The number of aliphatic carboxylic acids is 3. The maximum Gasteiger partial charge on any atom is 0.335 e. The van der Waals surface area contributed by atoms with Crippen molar-refractivity contribution in [2.24, 2.45) is 44.3 Å². The smallest absolute Gasteiger partial charge is 0.335 e. The fraction of sp³-hybridized carbons (Fsp3) is 0.833. The highest BCUT2D eigenvalue weighted by Gasteiger charge is 2.68. The molecule has 2 heterocycles. The summed E-state index contributed by atoms with van der Waals surface area (Å²) in [4.78, 5) is 36.8. The second-order valence-corrected chi connectivity index (χ2v) is 20.3. The van der Waals surface area contributed by atoms with Crippen LogP contribution in [-0.2, 0) is 33.3 Å². The van der Waals surface area contributed by atoms with Gasteiger partial charge in [-0.1, -0.05) is 59.3 Å². The van der Waals surface area contributed by atoms with E-state index < -0.39 is 108 Å². The first-order valence-corrected chi connectivity index (χ1v) is 20.6. The van der Waals surface area contributed by atoms with Gasteiger partial charge in [-0.05, 0) is 103 Å². The minimum Gasteiger partial charge on any atom is -0.481 e. The fourth-order valence-electron chi connectivity index (χ4n) is 13.0. The van der Waals surface area contributed by atoms with Crippen LogP contribution < -0.4 is 0 Å². The van der Waals surface area contributed by atoms with E-state index in [2.05, 4.69) is 53.7 Å². The molecule has 0 aromatic rings. The monoisotopic (exact) mass is 822 g/mol. The Labute approximate surface area is 337 Å². The Balaban J connectivity index is 1.17. The molecule has 0 radical (unpaired) electrons.